The largest absolute Gasteiger partial charge is 0.477 e. The number of halogens is 1. The molecule has 0 bridgehead atoms. The van der Waals surface area contributed by atoms with Crippen LogP contribution in [0.3, 0.4) is 0 Å². The number of nitrogens with one attached hydrogen (secondary N) is 3. The topological polar surface area (TPSA) is 198 Å². The number of carboxylic acids is 1. The molecule has 1 aromatic heterocycles. The minimum atomic E-state index is -1.35. The first-order valence-electron chi connectivity index (χ1n) is 14.6. The molecule has 14 nitrogen and oxygen atoms in total. The van der Waals surface area contributed by atoms with Gasteiger partial charge in [0.2, 0.25) is 5.71 Å². The van der Waals surface area contributed by atoms with Crippen LogP contribution in [-0.2, 0) is 37.0 Å². The summed E-state index contributed by atoms with van der Waals surface area (Å²) in [4.78, 5) is 53.3. The van der Waals surface area contributed by atoms with Crippen molar-refractivity contribution in [3.05, 3.63) is 107 Å². The van der Waals surface area contributed by atoms with Crippen LogP contribution in [0.5, 0.6) is 0 Å². The van der Waals surface area contributed by atoms with Gasteiger partial charge < -0.3 is 35.5 Å². The summed E-state index contributed by atoms with van der Waals surface area (Å²) in [5, 5.41) is 21.6. The average Bonchev–Trinajstić information content (AvgIpc) is 3.63. The molecule has 3 heterocycles. The van der Waals surface area contributed by atoms with Gasteiger partial charge in [0.25, 0.3) is 11.8 Å². The van der Waals surface area contributed by atoms with Gasteiger partial charge in [-0.15, -0.1) is 23.4 Å². The van der Waals surface area contributed by atoms with Gasteiger partial charge in [-0.05, 0) is 23.3 Å². The number of aliphatic carboxylic acids is 1. The van der Waals surface area contributed by atoms with Crippen LogP contribution in [0.1, 0.15) is 16.9 Å². The lowest BCUT2D eigenvalue weighted by molar-refractivity contribution is -0.150. The Bertz CT molecular complexity index is 1610. The summed E-state index contributed by atoms with van der Waals surface area (Å²) >= 11 is 7.44. The van der Waals surface area contributed by atoms with Gasteiger partial charge >= 0.3 is 12.1 Å². The molecular formula is C32H35ClN6O8S. The van der Waals surface area contributed by atoms with E-state index in [4.69, 9.17) is 21.8 Å². The summed E-state index contributed by atoms with van der Waals surface area (Å²) in [6.07, 6.45) is 0.290. The van der Waals surface area contributed by atoms with E-state index in [0.29, 0.717) is 0 Å². The lowest BCUT2D eigenvalue weighted by Gasteiger charge is -2.49. The number of rotatable bonds is 14. The highest BCUT2D eigenvalue weighted by Crippen LogP contribution is 2.40. The number of benzene rings is 2. The fourth-order valence-corrected chi connectivity index (χ4v) is 6.21. The van der Waals surface area contributed by atoms with Gasteiger partial charge in [-0.1, -0.05) is 65.8 Å². The minimum absolute atomic E-state index is 0.0658. The van der Waals surface area contributed by atoms with Crippen molar-refractivity contribution in [2.45, 2.75) is 30.0 Å². The molecule has 254 valence electrons. The Kier molecular flexibility index (Phi) is 13.4. The molecule has 0 spiro atoms. The second-order valence-electron chi connectivity index (χ2n) is 10.3. The molecule has 0 radical (unpaired) electrons. The third kappa shape index (κ3) is 9.84. The molecule has 2 aliphatic heterocycles. The number of hydrogen-bond donors (Lipinski definition) is 5. The Morgan fingerprint density at radius 2 is 1.75 bits per heavy atom. The first-order valence-corrected chi connectivity index (χ1v) is 16.1. The van der Waals surface area contributed by atoms with Gasteiger partial charge in [-0.3, -0.25) is 19.8 Å². The van der Waals surface area contributed by atoms with Crippen LogP contribution in [0, 0.1) is 0 Å². The van der Waals surface area contributed by atoms with E-state index in [9.17, 15) is 24.3 Å². The molecule has 5 rings (SSSR count). The zero-order chi connectivity index (χ0) is 34.5. The minimum Gasteiger partial charge on any atom is -0.477 e. The van der Waals surface area contributed by atoms with Gasteiger partial charge in [0.15, 0.2) is 5.76 Å². The van der Waals surface area contributed by atoms with E-state index in [1.54, 1.807) is 6.07 Å². The number of nitrogens with zero attached hydrogens (tertiary/aromatic N) is 2. The van der Waals surface area contributed by atoms with Crippen LogP contribution in [0.2, 0.25) is 0 Å². The van der Waals surface area contributed by atoms with E-state index in [-0.39, 0.29) is 40.6 Å². The van der Waals surface area contributed by atoms with Crippen molar-refractivity contribution in [1.29, 1.82) is 0 Å². The van der Waals surface area contributed by atoms with Crippen molar-refractivity contribution in [3.8, 4) is 0 Å². The van der Waals surface area contributed by atoms with Crippen molar-refractivity contribution >= 4 is 53.0 Å². The van der Waals surface area contributed by atoms with E-state index in [2.05, 4.69) is 54.9 Å². The van der Waals surface area contributed by atoms with Crippen LogP contribution in [-0.4, -0.2) is 82.5 Å². The highest BCUT2D eigenvalue weighted by atomic mass is 35.5. The number of fused-ring (bicyclic) bond motifs is 1. The number of carbonyl (C=O) groups is 4. The molecule has 3 amide bonds. The number of oxime groups is 1. The lowest BCUT2D eigenvalue weighted by Crippen LogP contribution is -2.71. The number of furan rings is 1. The molecule has 1 fully saturated rings. The molecule has 1 saturated heterocycles. The molecular weight excluding hydrogens is 664 g/mol. The normalized spacial score (nSPS) is 17.7. The molecule has 48 heavy (non-hydrogen) atoms. The molecule has 3 atom stereocenters. The Morgan fingerprint density at radius 1 is 1.08 bits per heavy atom. The lowest BCUT2D eigenvalue weighted by atomic mass is 10.0. The van der Waals surface area contributed by atoms with E-state index in [1.165, 1.54) is 42.3 Å². The number of hydrogen-bond acceptors (Lipinski definition) is 11. The Morgan fingerprint density at radius 3 is 2.33 bits per heavy atom. The number of thioether (sulfide) groups is 1. The number of amides is 3. The zero-order valence-corrected chi connectivity index (χ0v) is 27.4. The van der Waals surface area contributed by atoms with Crippen LogP contribution in [0.25, 0.3) is 0 Å². The van der Waals surface area contributed by atoms with E-state index < -0.39 is 35.3 Å². The fourth-order valence-electron chi connectivity index (χ4n) is 4.70. The quantitative estimate of drug-likeness (QED) is 0.0545. The second-order valence-corrected chi connectivity index (χ2v) is 11.9. The van der Waals surface area contributed by atoms with E-state index >= 15 is 0 Å². The Labute approximate surface area is 285 Å². The standard InChI is InChI=1S/C16H19ClN2.C16H16N4O8S/c17-16(19-12-15-9-5-2-6-10-15)13-18-11-14-7-3-1-4-8-14;1-26-19-9(8-3-2-4-27-8)12(21)18-10-13(22)20-11(15(23)24)7(5-28-16(17)25)6-29-14(10)20/h1-10,16,18-19H,11-13H2;2-4,10,14H,5-6H2,1H3,(H2,17,25)(H,18,21)(H,23,24)/b;19-9+/t;10-,14-/m.1/s1. The van der Waals surface area contributed by atoms with Crippen LogP contribution in [0.15, 0.2) is 99.9 Å². The molecule has 16 heteroatoms. The molecule has 3 aromatic rings. The van der Waals surface area contributed by atoms with Crippen molar-refractivity contribution in [2.75, 3.05) is 26.0 Å². The molecule has 2 aromatic carbocycles. The summed E-state index contributed by atoms with van der Waals surface area (Å²) in [5.41, 5.74) is 7.13. The summed E-state index contributed by atoms with van der Waals surface area (Å²) in [6, 6.07) is 22.7. The number of nitrogens with two attached hydrogens (primary N) is 1. The molecule has 0 aliphatic carbocycles. The molecule has 2 aliphatic rings. The maximum atomic E-state index is 12.6. The van der Waals surface area contributed by atoms with Gasteiger partial charge in [0.05, 0.1) is 11.8 Å². The second kappa shape index (κ2) is 17.9. The number of ether oxygens (including phenoxy) is 1. The molecule has 1 unspecified atom stereocenters. The summed E-state index contributed by atoms with van der Waals surface area (Å²) in [5.74, 6) is -2.38. The summed E-state index contributed by atoms with van der Waals surface area (Å²) < 4.78 is 9.79. The van der Waals surface area contributed by atoms with Crippen molar-refractivity contribution in [3.63, 3.8) is 0 Å². The Balaban J connectivity index is 0.000000237. The fraction of sp³-hybridized carbons (Fsp3) is 0.281. The molecule has 6 N–H and O–H groups in total. The smallest absolute Gasteiger partial charge is 0.404 e. The van der Waals surface area contributed by atoms with Crippen LogP contribution in [0.4, 0.5) is 4.79 Å². The SMILES string of the molecule is CO/N=C(/C(=O)N[C@@H]1C(=O)N2C(C(=O)O)=C(COC(N)=O)CS[C@H]12)c1ccco1.ClC(CNCc1ccccc1)NCc1ccccc1. The van der Waals surface area contributed by atoms with Gasteiger partial charge in [-0.25, -0.2) is 9.59 Å². The number of primary amides is 1. The number of β-lactam (4-membered cyclic amide) rings is 1. The highest BCUT2D eigenvalue weighted by Gasteiger charge is 2.54. The van der Waals surface area contributed by atoms with Gasteiger partial charge in [0, 0.05) is 31.0 Å². The van der Waals surface area contributed by atoms with Crippen molar-refractivity contribution < 1.29 is 38.3 Å². The summed E-state index contributed by atoms with van der Waals surface area (Å²) in [7, 11) is 1.25. The average molecular weight is 699 g/mol. The van der Waals surface area contributed by atoms with Gasteiger partial charge in [-0.2, -0.15) is 0 Å². The maximum absolute atomic E-state index is 12.6. The highest BCUT2D eigenvalue weighted by molar-refractivity contribution is 8.00. The number of alkyl halides is 1. The monoisotopic (exact) mass is 698 g/mol. The predicted molar refractivity (Wildman–Crippen MR) is 179 cm³/mol. The van der Waals surface area contributed by atoms with E-state index in [1.807, 2.05) is 36.4 Å². The van der Waals surface area contributed by atoms with E-state index in [0.717, 1.165) is 24.5 Å². The first-order chi connectivity index (χ1) is 23.2. The number of carboxylic acid groups (broad SMARTS) is 1. The third-order valence-corrected chi connectivity index (χ3v) is 8.59. The number of carbonyl (C=O) groups excluding carboxylic acids is 3. The predicted octanol–water partition coefficient (Wildman–Crippen LogP) is 2.59. The molecule has 0 saturated carbocycles. The van der Waals surface area contributed by atoms with Crippen molar-refractivity contribution in [1.82, 2.24) is 20.9 Å². The maximum Gasteiger partial charge on any atom is 0.404 e. The van der Waals surface area contributed by atoms with Gasteiger partial charge in [0.1, 0.15) is 30.8 Å². The Hall–Kier alpha value is -4.83. The summed E-state index contributed by atoms with van der Waals surface area (Å²) in [6.45, 7) is 2.03. The van der Waals surface area contributed by atoms with Crippen molar-refractivity contribution in [2.24, 2.45) is 10.9 Å². The van der Waals surface area contributed by atoms with Crippen LogP contribution >= 0.6 is 23.4 Å². The first kappa shape index (κ1) is 36.0. The van der Waals surface area contributed by atoms with Crippen LogP contribution < -0.4 is 21.7 Å². The zero-order valence-electron chi connectivity index (χ0n) is 25.8. The third-order valence-electron chi connectivity index (χ3n) is 6.94.